The van der Waals surface area contributed by atoms with Crippen molar-refractivity contribution in [2.75, 3.05) is 11.5 Å². The first-order valence-electron chi connectivity index (χ1n) is 6.05. The van der Waals surface area contributed by atoms with Gasteiger partial charge in [0.05, 0.1) is 11.8 Å². The van der Waals surface area contributed by atoms with Crippen molar-refractivity contribution < 1.29 is 37.6 Å². The zero-order chi connectivity index (χ0) is 16.5. The Hall–Kier alpha value is -1.55. The van der Waals surface area contributed by atoms with Gasteiger partial charge in [-0.3, -0.25) is 19.2 Å². The van der Waals surface area contributed by atoms with Crippen LogP contribution in [0.15, 0.2) is 0 Å². The summed E-state index contributed by atoms with van der Waals surface area (Å²) in [4.78, 5) is 43.8. The highest BCUT2D eigenvalue weighted by Gasteiger charge is 2.51. The molecule has 0 aliphatic heterocycles. The van der Waals surface area contributed by atoms with Crippen LogP contribution >= 0.6 is 11.8 Å². The number of rotatable bonds is 9. The van der Waals surface area contributed by atoms with Gasteiger partial charge in [-0.1, -0.05) is 0 Å². The fraction of sp³-hybridized carbons (Fsp3) is 0.636. The van der Waals surface area contributed by atoms with Gasteiger partial charge >= 0.3 is 14.8 Å². The lowest BCUT2D eigenvalue weighted by molar-refractivity contribution is -0.148. The average molecular weight is 338 g/mol. The third kappa shape index (κ3) is 9.90. The Labute approximate surface area is 127 Å². The molecule has 0 aromatic carbocycles. The standard InChI is InChI=1S/C11H18O8SSi/c1-8(12)17-21(18-9(2)13,19-10(3)14)6-4-5-20-7-11(15)16/h4-7H2,1-3H3,(H,15,16). The fourth-order valence-electron chi connectivity index (χ4n) is 1.42. The second kappa shape index (κ2) is 9.40. The van der Waals surface area contributed by atoms with E-state index in [0.717, 1.165) is 32.5 Å². The lowest BCUT2D eigenvalue weighted by atomic mass is 10.6. The molecule has 0 aromatic rings. The van der Waals surface area contributed by atoms with Gasteiger partial charge in [-0.2, -0.15) is 11.8 Å². The van der Waals surface area contributed by atoms with E-state index in [0.29, 0.717) is 12.2 Å². The third-order valence-electron chi connectivity index (χ3n) is 1.89. The summed E-state index contributed by atoms with van der Waals surface area (Å²) in [6, 6.07) is 0.0539. The van der Waals surface area contributed by atoms with Gasteiger partial charge in [0.1, 0.15) is 0 Å². The van der Waals surface area contributed by atoms with Gasteiger partial charge < -0.3 is 18.4 Å². The van der Waals surface area contributed by atoms with E-state index >= 15 is 0 Å². The van der Waals surface area contributed by atoms with Gasteiger partial charge in [-0.05, 0) is 12.2 Å². The minimum Gasteiger partial charge on any atom is -0.481 e. The van der Waals surface area contributed by atoms with Crippen LogP contribution in [-0.4, -0.2) is 49.3 Å². The Kier molecular flexibility index (Phi) is 8.70. The predicted octanol–water partition coefficient (Wildman–Crippen LogP) is 0.823. The number of thioether (sulfide) groups is 1. The van der Waals surface area contributed by atoms with E-state index in [1.54, 1.807) is 0 Å². The van der Waals surface area contributed by atoms with Crippen LogP contribution < -0.4 is 0 Å². The van der Waals surface area contributed by atoms with Crippen LogP contribution in [0.2, 0.25) is 6.04 Å². The van der Waals surface area contributed by atoms with Crippen molar-refractivity contribution in [1.82, 2.24) is 0 Å². The van der Waals surface area contributed by atoms with Crippen LogP contribution in [0.4, 0.5) is 0 Å². The molecule has 0 rings (SSSR count). The topological polar surface area (TPSA) is 116 Å². The van der Waals surface area contributed by atoms with Crippen molar-refractivity contribution in [3.05, 3.63) is 0 Å². The summed E-state index contributed by atoms with van der Waals surface area (Å²) >= 11 is 1.16. The number of carboxylic acids is 1. The molecule has 0 amide bonds. The van der Waals surface area contributed by atoms with Gasteiger partial charge in [0.15, 0.2) is 0 Å². The highest BCUT2D eigenvalue weighted by atomic mass is 32.2. The summed E-state index contributed by atoms with van der Waals surface area (Å²) in [5.74, 6) is -2.73. The van der Waals surface area contributed by atoms with E-state index < -0.39 is 32.7 Å². The minimum atomic E-state index is -3.77. The Balaban J connectivity index is 4.72. The van der Waals surface area contributed by atoms with Crippen molar-refractivity contribution in [2.24, 2.45) is 0 Å². The Morgan fingerprint density at radius 1 is 0.952 bits per heavy atom. The molecule has 10 heteroatoms. The summed E-state index contributed by atoms with van der Waals surface area (Å²) < 4.78 is 14.9. The smallest absolute Gasteiger partial charge is 0.481 e. The maximum Gasteiger partial charge on any atom is 0.705 e. The fourth-order valence-corrected chi connectivity index (χ4v) is 4.70. The highest BCUT2D eigenvalue weighted by molar-refractivity contribution is 7.99. The molecule has 0 bridgehead atoms. The van der Waals surface area contributed by atoms with Gasteiger partial charge in [-0.15, -0.1) is 0 Å². The van der Waals surface area contributed by atoms with Crippen LogP contribution in [0, 0.1) is 0 Å². The quantitative estimate of drug-likeness (QED) is 0.481. The normalized spacial score (nSPS) is 10.6. The molecular weight excluding hydrogens is 320 g/mol. The Morgan fingerprint density at radius 2 is 1.38 bits per heavy atom. The number of carboxylic acid groups (broad SMARTS) is 1. The monoisotopic (exact) mass is 338 g/mol. The van der Waals surface area contributed by atoms with Gasteiger partial charge in [0, 0.05) is 20.8 Å². The maximum absolute atomic E-state index is 11.1. The molecule has 0 saturated heterocycles. The molecule has 0 radical (unpaired) electrons. The number of hydrogen-bond donors (Lipinski definition) is 1. The Morgan fingerprint density at radius 3 is 1.71 bits per heavy atom. The van der Waals surface area contributed by atoms with Gasteiger partial charge in [0.25, 0.3) is 17.9 Å². The molecule has 1 N–H and O–H groups in total. The van der Waals surface area contributed by atoms with Crippen molar-refractivity contribution >= 4 is 44.4 Å². The summed E-state index contributed by atoms with van der Waals surface area (Å²) in [5.41, 5.74) is 0. The second-order valence-electron chi connectivity index (χ2n) is 4.01. The maximum atomic E-state index is 11.1. The van der Waals surface area contributed by atoms with Crippen LogP contribution in [0.1, 0.15) is 27.2 Å². The van der Waals surface area contributed by atoms with Crippen molar-refractivity contribution in [1.29, 1.82) is 0 Å². The van der Waals surface area contributed by atoms with Gasteiger partial charge in [-0.25, -0.2) is 0 Å². The molecule has 0 spiro atoms. The first-order chi connectivity index (χ1) is 9.67. The summed E-state index contributed by atoms with van der Waals surface area (Å²) in [5, 5.41) is 8.51. The molecule has 8 nitrogen and oxygen atoms in total. The molecule has 120 valence electrons. The first-order valence-corrected chi connectivity index (χ1v) is 9.14. The molecule has 0 aliphatic carbocycles. The van der Waals surface area contributed by atoms with E-state index in [1.165, 1.54) is 0 Å². The minimum absolute atomic E-state index is 0.0539. The van der Waals surface area contributed by atoms with Crippen molar-refractivity contribution in [3.63, 3.8) is 0 Å². The van der Waals surface area contributed by atoms with Crippen LogP contribution in [0.3, 0.4) is 0 Å². The van der Waals surface area contributed by atoms with Crippen molar-refractivity contribution in [2.45, 2.75) is 33.2 Å². The number of carbonyl (C=O) groups excluding carboxylic acids is 3. The molecule has 21 heavy (non-hydrogen) atoms. The molecule has 0 fully saturated rings. The van der Waals surface area contributed by atoms with Gasteiger partial charge in [0.2, 0.25) is 0 Å². The molecule has 0 unspecified atom stereocenters. The summed E-state index contributed by atoms with van der Waals surface area (Å²) in [6.45, 7) is 3.36. The molecule has 0 atom stereocenters. The van der Waals surface area contributed by atoms with E-state index in [9.17, 15) is 19.2 Å². The number of hydrogen-bond acceptors (Lipinski definition) is 8. The Bertz CT molecular complexity index is 370. The predicted molar refractivity (Wildman–Crippen MR) is 75.4 cm³/mol. The van der Waals surface area contributed by atoms with Crippen molar-refractivity contribution in [3.8, 4) is 0 Å². The zero-order valence-electron chi connectivity index (χ0n) is 12.0. The van der Waals surface area contributed by atoms with Crippen LogP contribution in [0.5, 0.6) is 0 Å². The summed E-state index contributed by atoms with van der Waals surface area (Å²) in [7, 11) is -3.77. The number of aliphatic carboxylic acids is 1. The summed E-state index contributed by atoms with van der Waals surface area (Å²) in [6.07, 6.45) is 0.373. The first kappa shape index (κ1) is 19.4. The average Bonchev–Trinajstić information content (AvgIpc) is 2.24. The molecule has 0 aliphatic rings. The molecular formula is C11H18O8SSi. The van der Waals surface area contributed by atoms with E-state index in [2.05, 4.69) is 0 Å². The van der Waals surface area contributed by atoms with E-state index in [-0.39, 0.29) is 11.8 Å². The molecule has 0 heterocycles. The van der Waals surface area contributed by atoms with E-state index in [1.807, 2.05) is 0 Å². The van der Waals surface area contributed by atoms with Crippen LogP contribution in [0.25, 0.3) is 0 Å². The highest BCUT2D eigenvalue weighted by Crippen LogP contribution is 2.21. The number of carbonyl (C=O) groups is 4. The largest absolute Gasteiger partial charge is 0.705 e. The van der Waals surface area contributed by atoms with E-state index in [4.69, 9.17) is 18.4 Å². The third-order valence-corrected chi connectivity index (χ3v) is 5.68. The lowest BCUT2D eigenvalue weighted by Crippen LogP contribution is -2.49. The van der Waals surface area contributed by atoms with Crippen LogP contribution in [-0.2, 0) is 32.5 Å². The zero-order valence-corrected chi connectivity index (χ0v) is 13.9. The molecule has 0 aromatic heterocycles. The molecule has 0 saturated carbocycles. The SMILES string of the molecule is CC(=O)O[Si](CCCSCC(=O)O)(OC(C)=O)OC(C)=O. The second-order valence-corrected chi connectivity index (χ2v) is 7.60. The lowest BCUT2D eigenvalue weighted by Gasteiger charge is -2.26.